The summed E-state index contributed by atoms with van der Waals surface area (Å²) in [6.45, 7) is 1.75. The molecule has 10 heteroatoms. The predicted octanol–water partition coefficient (Wildman–Crippen LogP) is 3.17. The Hall–Kier alpha value is -3.58. The molecule has 182 valence electrons. The number of hydrogen-bond acceptors (Lipinski definition) is 9. The van der Waals surface area contributed by atoms with E-state index in [4.69, 9.17) is 14.2 Å². The van der Waals surface area contributed by atoms with Gasteiger partial charge < -0.3 is 24.4 Å². The summed E-state index contributed by atoms with van der Waals surface area (Å²) < 4.78 is 19.5. The number of methoxy groups -OCH3 is 1. The topological polar surface area (TPSA) is 110 Å². The summed E-state index contributed by atoms with van der Waals surface area (Å²) >= 11 is 0. The number of anilines is 2. The molecular weight excluding hydrogens is 446 g/mol. The number of nitrogens with zero attached hydrogens (tertiary/aromatic N) is 6. The molecule has 2 saturated heterocycles. The van der Waals surface area contributed by atoms with Crippen molar-refractivity contribution in [1.82, 2.24) is 19.6 Å². The first-order valence-corrected chi connectivity index (χ1v) is 12.3. The highest BCUT2D eigenvalue weighted by Crippen LogP contribution is 2.35. The maximum atomic E-state index is 9.64. The van der Waals surface area contributed by atoms with Crippen molar-refractivity contribution < 1.29 is 14.2 Å². The van der Waals surface area contributed by atoms with Crippen LogP contribution in [0.1, 0.15) is 44.1 Å². The van der Waals surface area contributed by atoms with Gasteiger partial charge in [0.1, 0.15) is 22.9 Å². The van der Waals surface area contributed by atoms with E-state index in [1.807, 2.05) is 6.20 Å². The van der Waals surface area contributed by atoms with Crippen molar-refractivity contribution >= 4 is 17.2 Å². The van der Waals surface area contributed by atoms with Crippen LogP contribution < -0.4 is 19.7 Å². The van der Waals surface area contributed by atoms with Crippen LogP contribution in [0.15, 0.2) is 30.9 Å². The van der Waals surface area contributed by atoms with Crippen molar-refractivity contribution in [2.75, 3.05) is 30.4 Å². The second-order valence-corrected chi connectivity index (χ2v) is 9.57. The van der Waals surface area contributed by atoms with E-state index in [0.29, 0.717) is 35.5 Å². The van der Waals surface area contributed by atoms with Crippen LogP contribution in [0, 0.1) is 11.3 Å². The average molecular weight is 476 g/mol. The van der Waals surface area contributed by atoms with E-state index in [0.717, 1.165) is 68.6 Å². The van der Waals surface area contributed by atoms with Gasteiger partial charge in [-0.3, -0.25) is 0 Å². The molecule has 3 aromatic rings. The van der Waals surface area contributed by atoms with Crippen molar-refractivity contribution in [3.05, 3.63) is 36.4 Å². The Bertz CT molecular complexity index is 1220. The third-order valence-corrected chi connectivity index (χ3v) is 7.26. The minimum atomic E-state index is 0.0752. The van der Waals surface area contributed by atoms with Gasteiger partial charge in [-0.05, 0) is 38.5 Å². The quantitative estimate of drug-likeness (QED) is 0.575. The number of nitriles is 1. The molecule has 35 heavy (non-hydrogen) atoms. The Labute approximate surface area is 203 Å². The third kappa shape index (κ3) is 4.44. The molecule has 6 rings (SSSR count). The molecule has 1 N–H and O–H groups in total. The zero-order valence-electron chi connectivity index (χ0n) is 19.8. The standard InChI is InChI=1S/C25H29N7O3/c1-33-22-11-27-25(28-12-22)30-17-2-4-19(5-3-17)35-23-8-18(13-32-24(23)16(9-26)10-29-32)31-14-20-6-7-21(15-31)34-20/h8,10-13,17,19-21H,2-7,14-15H2,1H3,(H,27,28,30). The highest BCUT2D eigenvalue weighted by atomic mass is 16.5. The summed E-state index contributed by atoms with van der Waals surface area (Å²) in [5, 5.41) is 17.5. The second kappa shape index (κ2) is 9.23. The molecule has 0 amide bonds. The van der Waals surface area contributed by atoms with Crippen LogP contribution in [0.3, 0.4) is 0 Å². The molecule has 3 aromatic heterocycles. The van der Waals surface area contributed by atoms with Crippen LogP contribution in [0.2, 0.25) is 0 Å². The molecule has 5 heterocycles. The SMILES string of the molecule is COc1cnc(NC2CCC(Oc3cc(N4CC5CCC(C4)O5)cn4ncc(C#N)c34)CC2)nc1. The van der Waals surface area contributed by atoms with Crippen LogP contribution in [0.25, 0.3) is 5.52 Å². The van der Waals surface area contributed by atoms with Crippen molar-refractivity contribution in [3.8, 4) is 17.6 Å². The Kier molecular flexibility index (Phi) is 5.78. The van der Waals surface area contributed by atoms with Crippen LogP contribution >= 0.6 is 0 Å². The molecule has 2 aliphatic heterocycles. The number of nitrogens with one attached hydrogen (secondary N) is 1. The molecule has 0 radical (unpaired) electrons. The normalized spacial score (nSPS) is 25.9. The molecule has 0 aromatic carbocycles. The molecule has 2 atom stereocenters. The number of rotatable bonds is 6. The van der Waals surface area contributed by atoms with E-state index in [-0.39, 0.29) is 6.10 Å². The number of aromatic nitrogens is 4. The molecule has 10 nitrogen and oxygen atoms in total. The van der Waals surface area contributed by atoms with Crippen molar-refractivity contribution in [1.29, 1.82) is 5.26 Å². The van der Waals surface area contributed by atoms with Gasteiger partial charge in [-0.2, -0.15) is 10.4 Å². The maximum absolute atomic E-state index is 9.64. The van der Waals surface area contributed by atoms with Crippen LogP contribution in [0.4, 0.5) is 11.6 Å². The van der Waals surface area contributed by atoms with Crippen LogP contribution in [0.5, 0.6) is 11.5 Å². The van der Waals surface area contributed by atoms with Crippen LogP contribution in [-0.2, 0) is 4.74 Å². The van der Waals surface area contributed by atoms with Gasteiger partial charge in [0.25, 0.3) is 0 Å². The van der Waals surface area contributed by atoms with E-state index in [9.17, 15) is 5.26 Å². The van der Waals surface area contributed by atoms with Gasteiger partial charge in [-0.15, -0.1) is 0 Å². The lowest BCUT2D eigenvalue weighted by Gasteiger charge is -2.34. The number of ether oxygens (including phenoxy) is 3. The fourth-order valence-electron chi connectivity index (χ4n) is 5.42. The van der Waals surface area contributed by atoms with E-state index < -0.39 is 0 Å². The van der Waals surface area contributed by atoms with Gasteiger partial charge >= 0.3 is 0 Å². The fraction of sp³-hybridized carbons (Fsp3) is 0.520. The zero-order chi connectivity index (χ0) is 23.8. The molecule has 0 spiro atoms. The third-order valence-electron chi connectivity index (χ3n) is 7.26. The molecule has 3 aliphatic rings. The lowest BCUT2D eigenvalue weighted by Crippen LogP contribution is -2.42. The lowest BCUT2D eigenvalue weighted by molar-refractivity contribution is 0.0304. The Morgan fingerprint density at radius 1 is 1.06 bits per heavy atom. The van der Waals surface area contributed by atoms with E-state index in [1.165, 1.54) is 0 Å². The smallest absolute Gasteiger partial charge is 0.223 e. The largest absolute Gasteiger partial charge is 0.494 e. The zero-order valence-corrected chi connectivity index (χ0v) is 19.8. The van der Waals surface area contributed by atoms with Crippen LogP contribution in [-0.4, -0.2) is 64.1 Å². The summed E-state index contributed by atoms with van der Waals surface area (Å²) in [5.41, 5.74) is 2.33. The van der Waals surface area contributed by atoms with E-state index >= 15 is 0 Å². The van der Waals surface area contributed by atoms with Crippen molar-refractivity contribution in [2.24, 2.45) is 0 Å². The molecule has 3 fully saturated rings. The van der Waals surface area contributed by atoms with Gasteiger partial charge in [0, 0.05) is 25.2 Å². The highest BCUT2D eigenvalue weighted by molar-refractivity contribution is 5.72. The molecule has 1 saturated carbocycles. The predicted molar refractivity (Wildman–Crippen MR) is 129 cm³/mol. The summed E-state index contributed by atoms with van der Waals surface area (Å²) in [6.07, 6.45) is 13.6. The Morgan fingerprint density at radius 2 is 1.80 bits per heavy atom. The Balaban J connectivity index is 1.17. The van der Waals surface area contributed by atoms with Crippen molar-refractivity contribution in [2.45, 2.75) is 62.9 Å². The van der Waals surface area contributed by atoms with Gasteiger partial charge in [0.15, 0.2) is 5.75 Å². The lowest BCUT2D eigenvalue weighted by atomic mass is 9.93. The summed E-state index contributed by atoms with van der Waals surface area (Å²) in [5.74, 6) is 1.98. The minimum absolute atomic E-state index is 0.0752. The molecule has 2 bridgehead atoms. The first-order valence-electron chi connectivity index (χ1n) is 12.3. The van der Waals surface area contributed by atoms with Gasteiger partial charge in [0.2, 0.25) is 5.95 Å². The average Bonchev–Trinajstić information content (AvgIpc) is 3.47. The van der Waals surface area contributed by atoms with Gasteiger partial charge in [-0.25, -0.2) is 14.5 Å². The molecule has 1 aliphatic carbocycles. The van der Waals surface area contributed by atoms with Gasteiger partial charge in [-0.1, -0.05) is 0 Å². The first-order chi connectivity index (χ1) is 17.2. The van der Waals surface area contributed by atoms with Crippen molar-refractivity contribution in [3.63, 3.8) is 0 Å². The fourth-order valence-corrected chi connectivity index (χ4v) is 5.42. The van der Waals surface area contributed by atoms with E-state index in [2.05, 4.69) is 37.4 Å². The van der Waals surface area contributed by atoms with Gasteiger partial charge in [0.05, 0.1) is 55.9 Å². The number of pyridine rings is 1. The summed E-state index contributed by atoms with van der Waals surface area (Å²) in [7, 11) is 1.60. The number of morpholine rings is 1. The monoisotopic (exact) mass is 475 g/mol. The second-order valence-electron chi connectivity index (χ2n) is 9.57. The minimum Gasteiger partial charge on any atom is -0.494 e. The molecule has 2 unspecified atom stereocenters. The number of hydrogen-bond donors (Lipinski definition) is 1. The highest BCUT2D eigenvalue weighted by Gasteiger charge is 2.34. The first kappa shape index (κ1) is 21.9. The number of fused-ring (bicyclic) bond motifs is 3. The Morgan fingerprint density at radius 3 is 2.49 bits per heavy atom. The van der Waals surface area contributed by atoms with E-state index in [1.54, 1.807) is 30.2 Å². The molecular formula is C25H29N7O3. The maximum Gasteiger partial charge on any atom is 0.223 e. The summed E-state index contributed by atoms with van der Waals surface area (Å²) in [4.78, 5) is 11.0. The summed E-state index contributed by atoms with van der Waals surface area (Å²) in [6, 6.07) is 4.64.